The van der Waals surface area contributed by atoms with Gasteiger partial charge >= 0.3 is 6.18 Å². The van der Waals surface area contributed by atoms with Gasteiger partial charge in [-0.2, -0.15) is 23.2 Å². The first-order chi connectivity index (χ1) is 16.3. The first-order valence-electron chi connectivity index (χ1n) is 10.2. The summed E-state index contributed by atoms with van der Waals surface area (Å²) < 4.78 is 81.0. The summed E-state index contributed by atoms with van der Waals surface area (Å²) in [6.07, 6.45) is -3.83. The van der Waals surface area contributed by atoms with Crippen LogP contribution in [0.3, 0.4) is 0 Å². The molecule has 0 spiro atoms. The maximum absolute atomic E-state index is 14.4. The summed E-state index contributed by atoms with van der Waals surface area (Å²) in [5, 5.41) is 11.0. The Labute approximate surface area is 202 Å². The predicted molar refractivity (Wildman–Crippen MR) is 124 cm³/mol. The first-order valence-corrected chi connectivity index (χ1v) is 12.5. The van der Waals surface area contributed by atoms with Crippen molar-refractivity contribution < 1.29 is 26.0 Å². The van der Waals surface area contributed by atoms with E-state index in [1.165, 1.54) is 23.5 Å². The van der Waals surface area contributed by atoms with Gasteiger partial charge in [0.25, 0.3) is 0 Å². The molecule has 6 nitrogen and oxygen atoms in total. The number of aromatic nitrogens is 2. The zero-order valence-corrected chi connectivity index (χ0v) is 20.2. The van der Waals surface area contributed by atoms with Crippen LogP contribution in [0.1, 0.15) is 22.9 Å². The molecule has 0 aliphatic rings. The van der Waals surface area contributed by atoms with Gasteiger partial charge in [-0.15, -0.1) is 11.3 Å². The number of nitriles is 1. The van der Waals surface area contributed by atoms with Gasteiger partial charge in [-0.05, 0) is 62.7 Å². The quantitative estimate of drug-likeness (QED) is 0.345. The molecular weight excluding hydrogens is 504 g/mol. The van der Waals surface area contributed by atoms with E-state index in [2.05, 4.69) is 11.1 Å². The molecule has 4 aromatic rings. The van der Waals surface area contributed by atoms with Gasteiger partial charge in [0.2, 0.25) is 10.0 Å². The number of sulfonamides is 1. The van der Waals surface area contributed by atoms with Crippen LogP contribution in [0.25, 0.3) is 27.3 Å². The molecule has 4 rings (SSSR count). The van der Waals surface area contributed by atoms with Crippen LogP contribution in [0, 0.1) is 31.0 Å². The summed E-state index contributed by atoms with van der Waals surface area (Å²) in [6, 6.07) is 8.83. The van der Waals surface area contributed by atoms with Crippen molar-refractivity contribution >= 4 is 32.3 Å². The SMILES string of the molecule is Cc1ccc(-n2c(-c3ccc(S(=O)(=O)N[C@@H](C)C(F)(F)F)cn3)c(C#N)c3cc(F)c(C)cc32)s1. The molecule has 0 amide bonds. The zero-order chi connectivity index (χ0) is 25.7. The number of thiophene rings is 1. The maximum atomic E-state index is 14.4. The third-order valence-electron chi connectivity index (χ3n) is 5.42. The van der Waals surface area contributed by atoms with E-state index in [0.717, 1.165) is 22.1 Å². The molecule has 0 radical (unpaired) electrons. The van der Waals surface area contributed by atoms with Gasteiger partial charge in [0.05, 0.1) is 22.5 Å². The van der Waals surface area contributed by atoms with Gasteiger partial charge in [0, 0.05) is 16.5 Å². The number of nitrogens with one attached hydrogen (secondary N) is 1. The summed E-state index contributed by atoms with van der Waals surface area (Å²) in [4.78, 5) is 4.69. The van der Waals surface area contributed by atoms with Crippen LogP contribution < -0.4 is 4.72 Å². The molecule has 182 valence electrons. The molecule has 1 atom stereocenters. The summed E-state index contributed by atoms with van der Waals surface area (Å²) in [5.41, 5.74) is 1.59. The highest BCUT2D eigenvalue weighted by atomic mass is 32.2. The fraction of sp³-hybridized carbons (Fsp3) is 0.217. The van der Waals surface area contributed by atoms with Crippen molar-refractivity contribution in [1.82, 2.24) is 14.3 Å². The fourth-order valence-electron chi connectivity index (χ4n) is 3.58. The molecule has 0 unspecified atom stereocenters. The molecule has 0 bridgehead atoms. The van der Waals surface area contributed by atoms with Crippen LogP contribution in [-0.4, -0.2) is 30.2 Å². The Balaban J connectivity index is 1.90. The molecule has 3 heterocycles. The largest absolute Gasteiger partial charge is 0.404 e. The second-order valence-corrected chi connectivity index (χ2v) is 10.9. The average Bonchev–Trinajstić information content (AvgIpc) is 3.33. The van der Waals surface area contributed by atoms with Gasteiger partial charge in [0.1, 0.15) is 27.8 Å². The molecule has 1 N–H and O–H groups in total. The normalized spacial score (nSPS) is 13.2. The Kier molecular flexibility index (Phi) is 6.21. The van der Waals surface area contributed by atoms with Gasteiger partial charge < -0.3 is 0 Å². The van der Waals surface area contributed by atoms with Crippen molar-refractivity contribution in [2.24, 2.45) is 0 Å². The van der Waals surface area contributed by atoms with Gasteiger partial charge in [-0.1, -0.05) is 0 Å². The number of benzene rings is 1. The lowest BCUT2D eigenvalue weighted by Crippen LogP contribution is -2.42. The Bertz CT molecular complexity index is 1580. The smallest absolute Gasteiger partial charge is 0.298 e. The zero-order valence-electron chi connectivity index (χ0n) is 18.6. The van der Waals surface area contributed by atoms with Crippen LogP contribution in [0.15, 0.2) is 47.5 Å². The van der Waals surface area contributed by atoms with Crippen molar-refractivity contribution in [3.05, 3.63) is 64.4 Å². The van der Waals surface area contributed by atoms with E-state index in [1.54, 1.807) is 22.3 Å². The Morgan fingerprint density at radius 2 is 1.89 bits per heavy atom. The molecule has 3 aromatic heterocycles. The van der Waals surface area contributed by atoms with Crippen molar-refractivity contribution in [3.63, 3.8) is 0 Å². The van der Waals surface area contributed by atoms with Crippen LogP contribution in [0.4, 0.5) is 17.6 Å². The minimum Gasteiger partial charge on any atom is -0.298 e. The van der Waals surface area contributed by atoms with E-state index < -0.39 is 33.0 Å². The lowest BCUT2D eigenvalue weighted by atomic mass is 10.1. The van der Waals surface area contributed by atoms with E-state index in [9.17, 15) is 31.2 Å². The lowest BCUT2D eigenvalue weighted by molar-refractivity contribution is -0.147. The maximum Gasteiger partial charge on any atom is 0.404 e. The Morgan fingerprint density at radius 3 is 2.43 bits per heavy atom. The van der Waals surface area contributed by atoms with Crippen molar-refractivity contribution in [1.29, 1.82) is 5.26 Å². The predicted octanol–water partition coefficient (Wildman–Crippen LogP) is 5.61. The highest BCUT2D eigenvalue weighted by Gasteiger charge is 2.39. The number of halogens is 4. The van der Waals surface area contributed by atoms with E-state index in [0.29, 0.717) is 29.1 Å². The lowest BCUT2D eigenvalue weighted by Gasteiger charge is -2.17. The third kappa shape index (κ3) is 4.54. The minimum atomic E-state index is -4.75. The van der Waals surface area contributed by atoms with Crippen LogP contribution >= 0.6 is 11.3 Å². The van der Waals surface area contributed by atoms with Crippen molar-refractivity contribution in [2.45, 2.75) is 37.9 Å². The topological polar surface area (TPSA) is 87.8 Å². The number of fused-ring (bicyclic) bond motifs is 1. The number of alkyl halides is 3. The average molecular weight is 523 g/mol. The summed E-state index contributed by atoms with van der Waals surface area (Å²) >= 11 is 1.43. The molecule has 0 saturated heterocycles. The summed E-state index contributed by atoms with van der Waals surface area (Å²) in [6.45, 7) is 4.20. The number of aryl methyl sites for hydroxylation is 2. The Hall–Kier alpha value is -3.27. The number of nitrogens with zero attached hydrogens (tertiary/aromatic N) is 3. The van der Waals surface area contributed by atoms with Gasteiger partial charge in [-0.25, -0.2) is 12.8 Å². The molecule has 0 aliphatic carbocycles. The van der Waals surface area contributed by atoms with E-state index in [4.69, 9.17) is 0 Å². The second kappa shape index (κ2) is 8.75. The molecule has 1 aromatic carbocycles. The van der Waals surface area contributed by atoms with Crippen molar-refractivity contribution in [3.8, 4) is 22.5 Å². The molecule has 0 saturated carbocycles. The number of pyridine rings is 1. The van der Waals surface area contributed by atoms with Crippen molar-refractivity contribution in [2.75, 3.05) is 0 Å². The molecule has 0 aliphatic heterocycles. The van der Waals surface area contributed by atoms with E-state index in [1.807, 2.05) is 19.1 Å². The highest BCUT2D eigenvalue weighted by molar-refractivity contribution is 7.89. The van der Waals surface area contributed by atoms with Crippen LogP contribution in [-0.2, 0) is 10.0 Å². The minimum absolute atomic E-state index is 0.136. The third-order valence-corrected chi connectivity index (χ3v) is 7.93. The number of hydrogen-bond acceptors (Lipinski definition) is 5. The Morgan fingerprint density at radius 1 is 1.17 bits per heavy atom. The van der Waals surface area contributed by atoms with Crippen LogP contribution in [0.2, 0.25) is 0 Å². The molecule has 0 fully saturated rings. The standard InChI is InChI=1S/C23H18F4N4O2S2/c1-12-8-20-16(9-18(12)24)17(10-28)22(31(20)21-7-4-13(2)34-21)19-6-5-15(11-29-19)35(32,33)30-14(3)23(25,26)27/h4-9,11,14,30H,1-3H3/t14-/m0/s1. The molecule has 35 heavy (non-hydrogen) atoms. The number of hydrogen-bond donors (Lipinski definition) is 1. The van der Waals surface area contributed by atoms with E-state index in [-0.39, 0.29) is 11.3 Å². The van der Waals surface area contributed by atoms with E-state index >= 15 is 0 Å². The fourth-order valence-corrected chi connectivity index (χ4v) is 5.64. The summed E-state index contributed by atoms with van der Waals surface area (Å²) in [5.74, 6) is -0.487. The first kappa shape index (κ1) is 24.8. The van der Waals surface area contributed by atoms with Crippen LogP contribution in [0.5, 0.6) is 0 Å². The highest BCUT2D eigenvalue weighted by Crippen LogP contribution is 2.38. The number of rotatable bonds is 5. The second-order valence-electron chi connectivity index (χ2n) is 7.94. The summed E-state index contributed by atoms with van der Waals surface area (Å²) in [7, 11) is -4.50. The molecule has 12 heteroatoms. The molecular formula is C23H18F4N4O2S2. The monoisotopic (exact) mass is 522 g/mol. The van der Waals surface area contributed by atoms with Gasteiger partial charge in [-0.3, -0.25) is 9.55 Å². The van der Waals surface area contributed by atoms with Gasteiger partial charge in [0.15, 0.2) is 0 Å².